The Hall–Kier alpha value is -0.820. The third-order valence-electron chi connectivity index (χ3n) is 4.89. The predicted octanol–water partition coefficient (Wildman–Crippen LogP) is 6.27. The molecule has 22 heavy (non-hydrogen) atoms. The van der Waals surface area contributed by atoms with Gasteiger partial charge in [-0.15, -0.1) is 0 Å². The van der Waals surface area contributed by atoms with Crippen LogP contribution in [0, 0.1) is 17.8 Å². The molecule has 0 spiro atoms. The number of rotatable bonds is 11. The first-order valence-corrected chi connectivity index (χ1v) is 9.17. The summed E-state index contributed by atoms with van der Waals surface area (Å²) in [7, 11) is 0. The molecule has 0 saturated heterocycles. The van der Waals surface area contributed by atoms with Gasteiger partial charge in [0.25, 0.3) is 0 Å². The fourth-order valence-corrected chi connectivity index (χ4v) is 3.15. The topological polar surface area (TPSA) is 26.0 Å². The van der Waals surface area contributed by atoms with Gasteiger partial charge in [0.2, 0.25) is 0 Å². The van der Waals surface area contributed by atoms with Crippen molar-refractivity contribution in [2.24, 2.45) is 23.5 Å². The number of allylic oxidation sites excluding steroid dienone is 5. The summed E-state index contributed by atoms with van der Waals surface area (Å²) < 4.78 is 0. The predicted molar refractivity (Wildman–Crippen MR) is 102 cm³/mol. The summed E-state index contributed by atoms with van der Waals surface area (Å²) in [5.41, 5.74) is 9.67. The van der Waals surface area contributed by atoms with Crippen molar-refractivity contribution in [3.05, 3.63) is 35.5 Å². The molecule has 2 unspecified atom stereocenters. The van der Waals surface area contributed by atoms with Gasteiger partial charge in [-0.1, -0.05) is 72.1 Å². The minimum atomic E-state index is 0.453. The maximum absolute atomic E-state index is 5.73. The van der Waals surface area contributed by atoms with Gasteiger partial charge in [0.1, 0.15) is 0 Å². The third kappa shape index (κ3) is 6.96. The van der Waals surface area contributed by atoms with Crippen LogP contribution in [0.3, 0.4) is 0 Å². The lowest BCUT2D eigenvalue weighted by Gasteiger charge is -2.24. The highest BCUT2D eigenvalue weighted by Crippen LogP contribution is 2.31. The quantitative estimate of drug-likeness (QED) is 0.447. The molecule has 0 heterocycles. The summed E-state index contributed by atoms with van der Waals surface area (Å²) in [6.07, 6.45) is 10.9. The van der Waals surface area contributed by atoms with E-state index in [1.807, 2.05) is 0 Å². The van der Waals surface area contributed by atoms with E-state index >= 15 is 0 Å². The van der Waals surface area contributed by atoms with Gasteiger partial charge in [-0.25, -0.2) is 0 Å². The molecule has 0 aliphatic heterocycles. The molecular formula is C21H39N. The molecule has 0 aliphatic carbocycles. The Balaban J connectivity index is 5.35. The molecular weight excluding hydrogens is 266 g/mol. The Morgan fingerprint density at radius 3 is 2.05 bits per heavy atom. The zero-order valence-electron chi connectivity index (χ0n) is 15.9. The molecule has 128 valence electrons. The maximum Gasteiger partial charge on any atom is -0.00715 e. The van der Waals surface area contributed by atoms with Gasteiger partial charge < -0.3 is 5.73 Å². The average Bonchev–Trinajstić information content (AvgIpc) is 2.50. The minimum Gasteiger partial charge on any atom is -0.330 e. The van der Waals surface area contributed by atoms with Crippen molar-refractivity contribution in [3.8, 4) is 0 Å². The first kappa shape index (κ1) is 21.2. The lowest BCUT2D eigenvalue weighted by molar-refractivity contribution is 0.358. The van der Waals surface area contributed by atoms with E-state index in [-0.39, 0.29) is 0 Å². The van der Waals surface area contributed by atoms with Crippen molar-refractivity contribution < 1.29 is 0 Å². The lowest BCUT2D eigenvalue weighted by atomic mass is 9.81. The Kier molecular flexibility index (Phi) is 11.3. The van der Waals surface area contributed by atoms with Crippen LogP contribution < -0.4 is 5.73 Å². The normalized spacial score (nSPS) is 16.0. The molecule has 0 aromatic heterocycles. The van der Waals surface area contributed by atoms with Gasteiger partial charge in [0, 0.05) is 0 Å². The largest absolute Gasteiger partial charge is 0.330 e. The highest BCUT2D eigenvalue weighted by Gasteiger charge is 2.18. The SMILES string of the molecule is C=C(C(=CC(C)C(CCC)CCC)C(C)=CC)C(C)CCN. The standard InChI is InChI=1S/C21H39N/c1-8-11-20(12-9-2)18(6)15-21(16(4)10-3)19(7)17(5)13-14-22/h10,15,17-18,20H,7-9,11-14,22H2,1-6H3. The van der Waals surface area contributed by atoms with Crippen LogP contribution in [-0.2, 0) is 0 Å². The Bertz CT molecular complexity index is 369. The second kappa shape index (κ2) is 11.7. The van der Waals surface area contributed by atoms with E-state index in [9.17, 15) is 0 Å². The highest BCUT2D eigenvalue weighted by atomic mass is 14.5. The first-order valence-electron chi connectivity index (χ1n) is 9.17. The molecule has 0 amide bonds. The van der Waals surface area contributed by atoms with Crippen LogP contribution in [0.5, 0.6) is 0 Å². The van der Waals surface area contributed by atoms with Crippen LogP contribution in [-0.4, -0.2) is 6.54 Å². The zero-order valence-corrected chi connectivity index (χ0v) is 15.9. The molecule has 2 N–H and O–H groups in total. The van der Waals surface area contributed by atoms with Gasteiger partial charge in [-0.3, -0.25) is 0 Å². The Morgan fingerprint density at radius 2 is 1.64 bits per heavy atom. The molecule has 1 nitrogen and oxygen atoms in total. The summed E-state index contributed by atoms with van der Waals surface area (Å²) in [5.74, 6) is 1.84. The van der Waals surface area contributed by atoms with Crippen molar-refractivity contribution >= 4 is 0 Å². The lowest BCUT2D eigenvalue weighted by Crippen LogP contribution is -2.13. The van der Waals surface area contributed by atoms with Crippen LogP contribution in [0.1, 0.15) is 73.6 Å². The van der Waals surface area contributed by atoms with Crippen molar-refractivity contribution in [1.82, 2.24) is 0 Å². The van der Waals surface area contributed by atoms with Crippen LogP contribution in [0.2, 0.25) is 0 Å². The van der Waals surface area contributed by atoms with E-state index in [4.69, 9.17) is 5.73 Å². The number of nitrogens with two attached hydrogens (primary N) is 1. The highest BCUT2D eigenvalue weighted by molar-refractivity contribution is 5.45. The Labute approximate surface area is 139 Å². The second-order valence-corrected chi connectivity index (χ2v) is 6.75. The maximum atomic E-state index is 5.73. The molecule has 0 bridgehead atoms. The third-order valence-corrected chi connectivity index (χ3v) is 4.89. The minimum absolute atomic E-state index is 0.453. The van der Waals surface area contributed by atoms with Crippen molar-refractivity contribution in [3.63, 3.8) is 0 Å². The molecule has 0 saturated carbocycles. The molecule has 0 rings (SSSR count). The molecule has 1 heteroatoms. The van der Waals surface area contributed by atoms with Crippen molar-refractivity contribution in [2.45, 2.75) is 73.6 Å². The van der Waals surface area contributed by atoms with Gasteiger partial charge in [0.05, 0.1) is 0 Å². The summed E-state index contributed by atoms with van der Waals surface area (Å²) in [5, 5.41) is 0. The van der Waals surface area contributed by atoms with E-state index < -0.39 is 0 Å². The van der Waals surface area contributed by atoms with Gasteiger partial charge >= 0.3 is 0 Å². The summed E-state index contributed by atoms with van der Waals surface area (Å²) in [4.78, 5) is 0. The molecule has 0 fully saturated rings. The number of hydrogen-bond donors (Lipinski definition) is 1. The van der Waals surface area contributed by atoms with E-state index in [0.29, 0.717) is 11.8 Å². The summed E-state index contributed by atoms with van der Waals surface area (Å²) >= 11 is 0. The molecule has 0 aliphatic rings. The summed E-state index contributed by atoms with van der Waals surface area (Å²) in [6.45, 7) is 18.6. The molecule has 0 aromatic rings. The van der Waals surface area contributed by atoms with E-state index in [1.54, 1.807) is 0 Å². The van der Waals surface area contributed by atoms with Gasteiger partial charge in [0.15, 0.2) is 0 Å². The molecule has 0 radical (unpaired) electrons. The average molecular weight is 306 g/mol. The van der Waals surface area contributed by atoms with Crippen LogP contribution in [0.4, 0.5) is 0 Å². The zero-order chi connectivity index (χ0) is 17.1. The van der Waals surface area contributed by atoms with Gasteiger partial charge in [-0.05, 0) is 61.3 Å². The van der Waals surface area contributed by atoms with E-state index in [1.165, 1.54) is 42.4 Å². The van der Waals surface area contributed by atoms with Crippen molar-refractivity contribution in [2.75, 3.05) is 6.54 Å². The number of hydrogen-bond acceptors (Lipinski definition) is 1. The fraction of sp³-hybridized carbons (Fsp3) is 0.714. The fourth-order valence-electron chi connectivity index (χ4n) is 3.15. The van der Waals surface area contributed by atoms with Gasteiger partial charge in [-0.2, -0.15) is 0 Å². The van der Waals surface area contributed by atoms with E-state index in [0.717, 1.165) is 18.9 Å². The Morgan fingerprint density at radius 1 is 1.09 bits per heavy atom. The summed E-state index contributed by atoms with van der Waals surface area (Å²) in [6, 6.07) is 0. The molecule has 2 atom stereocenters. The first-order chi connectivity index (χ1) is 10.4. The van der Waals surface area contributed by atoms with Crippen LogP contribution >= 0.6 is 0 Å². The van der Waals surface area contributed by atoms with Crippen molar-refractivity contribution in [1.29, 1.82) is 0 Å². The van der Waals surface area contributed by atoms with Crippen LogP contribution in [0.25, 0.3) is 0 Å². The second-order valence-electron chi connectivity index (χ2n) is 6.75. The van der Waals surface area contributed by atoms with E-state index in [2.05, 4.69) is 60.3 Å². The monoisotopic (exact) mass is 305 g/mol. The smallest absolute Gasteiger partial charge is 0.00715 e. The van der Waals surface area contributed by atoms with Crippen LogP contribution in [0.15, 0.2) is 35.5 Å². The molecule has 0 aromatic carbocycles.